The number of aromatic hydroxyl groups is 2. The maximum Gasteiger partial charge on any atom is 0.298 e. The van der Waals surface area contributed by atoms with Crippen molar-refractivity contribution < 1.29 is 36.2 Å². The lowest BCUT2D eigenvalue weighted by Gasteiger charge is -2.07. The average Bonchev–Trinajstić information content (AvgIpc) is 2.61. The van der Waals surface area contributed by atoms with Gasteiger partial charge >= 0.3 is 0 Å². The number of rotatable bonds is 4. The van der Waals surface area contributed by atoms with Gasteiger partial charge in [0, 0.05) is 10.4 Å². The van der Waals surface area contributed by atoms with Gasteiger partial charge in [-0.25, -0.2) is 0 Å². The van der Waals surface area contributed by atoms with Crippen molar-refractivity contribution in [2.75, 3.05) is 0 Å². The third kappa shape index (κ3) is 4.31. The van der Waals surface area contributed by atoms with E-state index in [0.29, 0.717) is 5.39 Å². The first-order valence-electron chi connectivity index (χ1n) is 7.53. The van der Waals surface area contributed by atoms with Crippen LogP contribution >= 0.6 is 11.6 Å². The number of hydrogen-bond acceptors (Lipinski definition) is 8. The van der Waals surface area contributed by atoms with E-state index in [1.165, 1.54) is 18.2 Å². The molecule has 0 aliphatic heterocycles. The molecule has 4 N–H and O–H groups in total. The van der Waals surface area contributed by atoms with E-state index in [9.17, 15) is 27.0 Å². The molecule has 0 unspecified atom stereocenters. The monoisotopic (exact) mass is 458 g/mol. The van der Waals surface area contributed by atoms with Gasteiger partial charge in [-0.05, 0) is 35.7 Å². The van der Waals surface area contributed by atoms with E-state index in [1.807, 2.05) is 0 Å². The van der Waals surface area contributed by atoms with Gasteiger partial charge in [0.2, 0.25) is 0 Å². The lowest BCUT2D eigenvalue weighted by atomic mass is 10.1. The third-order valence-corrected chi connectivity index (χ3v) is 5.73. The quantitative estimate of drug-likeness (QED) is 0.337. The lowest BCUT2D eigenvalue weighted by molar-refractivity contribution is 0.444. The Morgan fingerprint density at radius 1 is 0.828 bits per heavy atom. The summed E-state index contributed by atoms with van der Waals surface area (Å²) in [7, 11) is -9.24. The van der Waals surface area contributed by atoms with Gasteiger partial charge in [0.1, 0.15) is 22.0 Å². The molecular formula is C16H11ClN2O8S2. The normalized spacial score (nSPS) is 12.7. The minimum absolute atomic E-state index is 0.128. The molecule has 0 atom stereocenters. The van der Waals surface area contributed by atoms with Gasteiger partial charge in [0.05, 0.1) is 4.90 Å². The number of nitrogens with zero attached hydrogens (tertiary/aromatic N) is 2. The number of halogens is 1. The highest BCUT2D eigenvalue weighted by Crippen LogP contribution is 2.40. The molecule has 0 aliphatic rings. The summed E-state index contributed by atoms with van der Waals surface area (Å²) >= 11 is 5.78. The third-order valence-electron chi connectivity index (χ3n) is 3.79. The summed E-state index contributed by atoms with van der Waals surface area (Å²) in [6.45, 7) is 0. The molecule has 29 heavy (non-hydrogen) atoms. The van der Waals surface area contributed by atoms with Gasteiger partial charge in [-0.1, -0.05) is 23.7 Å². The Bertz CT molecular complexity index is 1390. The van der Waals surface area contributed by atoms with Crippen molar-refractivity contribution in [3.05, 3.63) is 47.5 Å². The Morgan fingerprint density at radius 3 is 2.14 bits per heavy atom. The molecule has 0 fully saturated rings. The summed E-state index contributed by atoms with van der Waals surface area (Å²) in [4.78, 5) is -1.25. The first kappa shape index (κ1) is 21.0. The summed E-state index contributed by atoms with van der Waals surface area (Å²) in [6, 6.07) is 7.98. The molecule has 152 valence electrons. The molecule has 0 aliphatic carbocycles. The number of benzene rings is 3. The van der Waals surface area contributed by atoms with Crippen LogP contribution in [0.3, 0.4) is 0 Å². The van der Waals surface area contributed by atoms with Crippen LogP contribution in [0.2, 0.25) is 5.02 Å². The Morgan fingerprint density at radius 2 is 1.52 bits per heavy atom. The molecule has 3 rings (SSSR count). The molecule has 3 aromatic carbocycles. The molecule has 13 heteroatoms. The molecule has 0 saturated heterocycles. The zero-order valence-electron chi connectivity index (χ0n) is 14.1. The zero-order chi connectivity index (χ0) is 21.6. The lowest BCUT2D eigenvalue weighted by Crippen LogP contribution is -1.98. The predicted octanol–water partition coefficient (Wildman–Crippen LogP) is 3.81. The van der Waals surface area contributed by atoms with E-state index in [1.54, 1.807) is 0 Å². The Labute approximate surface area is 169 Å². The maximum absolute atomic E-state index is 11.3. The van der Waals surface area contributed by atoms with E-state index in [0.717, 1.165) is 24.3 Å². The summed E-state index contributed by atoms with van der Waals surface area (Å²) in [5.41, 5.74) is -0.534. The van der Waals surface area contributed by atoms with E-state index < -0.39 is 36.6 Å². The number of phenolic OH excluding ortho intramolecular Hbond substituents is 2. The predicted molar refractivity (Wildman–Crippen MR) is 103 cm³/mol. The van der Waals surface area contributed by atoms with Gasteiger partial charge in [0.25, 0.3) is 20.2 Å². The number of azo groups is 1. The molecule has 0 bridgehead atoms. The summed E-state index contributed by atoms with van der Waals surface area (Å²) in [6.07, 6.45) is 0. The SMILES string of the molecule is O=S(=O)(O)c1ccc2c(N=Nc3cc(Cl)cc(S(=O)(=O)O)c3O)c(O)ccc2c1. The molecule has 0 aromatic heterocycles. The van der Waals surface area contributed by atoms with Crippen LogP contribution in [0.25, 0.3) is 10.8 Å². The van der Waals surface area contributed by atoms with Gasteiger partial charge in [-0.3, -0.25) is 9.11 Å². The van der Waals surface area contributed by atoms with Crippen LogP contribution in [0.4, 0.5) is 11.4 Å². The molecule has 0 saturated carbocycles. The topological polar surface area (TPSA) is 174 Å². The Hall–Kier alpha value is -2.77. The molecule has 10 nitrogen and oxygen atoms in total. The second kappa shape index (κ2) is 7.24. The standard InChI is InChI=1S/C16H11ClN2O8S2/c17-9-6-12(16(21)14(7-9)29(25,26)27)18-19-15-11-3-2-10(28(22,23)24)5-8(11)1-4-13(15)20/h1-7,20-21H,(H,22,23,24)(H,25,26,27). The fourth-order valence-electron chi connectivity index (χ4n) is 2.48. The van der Waals surface area contributed by atoms with Crippen LogP contribution in [-0.4, -0.2) is 36.2 Å². The Balaban J connectivity index is 2.17. The van der Waals surface area contributed by atoms with E-state index in [-0.39, 0.29) is 26.7 Å². The highest BCUT2D eigenvalue weighted by molar-refractivity contribution is 7.86. The van der Waals surface area contributed by atoms with Crippen LogP contribution in [0.1, 0.15) is 0 Å². The zero-order valence-corrected chi connectivity index (χ0v) is 16.4. The molecule has 0 heterocycles. The maximum atomic E-state index is 11.3. The molecule has 0 radical (unpaired) electrons. The van der Waals surface area contributed by atoms with E-state index >= 15 is 0 Å². The Kier molecular flexibility index (Phi) is 5.23. The van der Waals surface area contributed by atoms with Gasteiger partial charge in [-0.15, -0.1) is 10.2 Å². The number of phenols is 2. The van der Waals surface area contributed by atoms with Crippen LogP contribution in [0, 0.1) is 0 Å². The van der Waals surface area contributed by atoms with Crippen molar-refractivity contribution in [2.24, 2.45) is 10.2 Å². The van der Waals surface area contributed by atoms with Crippen molar-refractivity contribution >= 4 is 54.0 Å². The highest BCUT2D eigenvalue weighted by atomic mass is 35.5. The largest absolute Gasteiger partial charge is 0.506 e. The molecular weight excluding hydrogens is 448 g/mol. The van der Waals surface area contributed by atoms with E-state index in [4.69, 9.17) is 20.7 Å². The van der Waals surface area contributed by atoms with Crippen LogP contribution in [0.15, 0.2) is 62.5 Å². The highest BCUT2D eigenvalue weighted by Gasteiger charge is 2.20. The van der Waals surface area contributed by atoms with Crippen molar-refractivity contribution in [1.29, 1.82) is 0 Å². The summed E-state index contributed by atoms with van der Waals surface area (Å²) in [5, 5.41) is 28.0. The smallest absolute Gasteiger partial charge is 0.298 e. The minimum Gasteiger partial charge on any atom is -0.506 e. The number of fused-ring (bicyclic) bond motifs is 1. The van der Waals surface area contributed by atoms with Crippen molar-refractivity contribution in [3.8, 4) is 11.5 Å². The first-order chi connectivity index (χ1) is 13.4. The van der Waals surface area contributed by atoms with Crippen molar-refractivity contribution in [2.45, 2.75) is 9.79 Å². The second-order valence-corrected chi connectivity index (χ2v) is 8.99. The van der Waals surface area contributed by atoms with Gasteiger partial charge < -0.3 is 10.2 Å². The van der Waals surface area contributed by atoms with Crippen LogP contribution < -0.4 is 0 Å². The van der Waals surface area contributed by atoms with E-state index in [2.05, 4.69) is 10.2 Å². The summed E-state index contributed by atoms with van der Waals surface area (Å²) in [5.74, 6) is -1.26. The average molecular weight is 459 g/mol. The second-order valence-electron chi connectivity index (χ2n) is 5.74. The molecule has 3 aromatic rings. The fraction of sp³-hybridized carbons (Fsp3) is 0. The van der Waals surface area contributed by atoms with Crippen molar-refractivity contribution in [1.82, 2.24) is 0 Å². The van der Waals surface area contributed by atoms with Crippen LogP contribution in [0.5, 0.6) is 11.5 Å². The first-order valence-corrected chi connectivity index (χ1v) is 10.8. The molecule has 0 amide bonds. The number of hydrogen-bond donors (Lipinski definition) is 4. The van der Waals surface area contributed by atoms with Gasteiger partial charge in [-0.2, -0.15) is 16.8 Å². The van der Waals surface area contributed by atoms with Crippen LogP contribution in [-0.2, 0) is 20.2 Å². The fourth-order valence-corrected chi connectivity index (χ4v) is 3.90. The van der Waals surface area contributed by atoms with Crippen molar-refractivity contribution in [3.63, 3.8) is 0 Å². The minimum atomic E-state index is -4.79. The van der Waals surface area contributed by atoms with Gasteiger partial charge in [0.15, 0.2) is 5.75 Å². The summed E-state index contributed by atoms with van der Waals surface area (Å²) < 4.78 is 63.5. The molecule has 0 spiro atoms.